The Balaban J connectivity index is 3.01. The summed E-state index contributed by atoms with van der Waals surface area (Å²) in [5, 5.41) is 20.6. The van der Waals surface area contributed by atoms with Gasteiger partial charge in [0.25, 0.3) is 5.69 Å². The quantitative estimate of drug-likeness (QED) is 0.446. The average molecular weight is 213 g/mol. The lowest BCUT2D eigenvalue weighted by Gasteiger charge is -2.04. The largest absolute Gasteiger partial charge is 0.398 e. The first kappa shape index (κ1) is 9.93. The van der Waals surface area contributed by atoms with Gasteiger partial charge in [-0.3, -0.25) is 10.1 Å². The van der Waals surface area contributed by atoms with Crippen molar-refractivity contribution < 1.29 is 4.92 Å². The molecule has 0 unspecified atom stereocenters. The van der Waals surface area contributed by atoms with Gasteiger partial charge < -0.3 is 5.73 Å². The predicted octanol–water partition coefficient (Wildman–Crippen LogP) is 2.20. The van der Waals surface area contributed by atoms with Gasteiger partial charge in [-0.05, 0) is 12.1 Å². The average Bonchev–Trinajstić information content (AvgIpc) is 2.28. The normalized spacial score (nSPS) is 9.94. The Morgan fingerprint density at radius 3 is 2.69 bits per heavy atom. The molecule has 0 aliphatic heterocycles. The van der Waals surface area contributed by atoms with Crippen LogP contribution in [0.3, 0.4) is 0 Å². The molecule has 0 aliphatic rings. The van der Waals surface area contributed by atoms with Crippen molar-refractivity contribution in [3.63, 3.8) is 0 Å². The van der Waals surface area contributed by atoms with Gasteiger partial charge in [-0.15, -0.1) is 0 Å². The van der Waals surface area contributed by atoms with E-state index in [0.29, 0.717) is 16.5 Å². The molecular weight excluding hydrogens is 206 g/mol. The first-order valence-electron chi connectivity index (χ1n) is 4.51. The van der Waals surface area contributed by atoms with Crippen LogP contribution in [0.25, 0.3) is 10.8 Å². The third-order valence-corrected chi connectivity index (χ3v) is 2.37. The fraction of sp³-hybridized carbons (Fsp3) is 0. The van der Waals surface area contributed by atoms with Crippen molar-refractivity contribution >= 4 is 22.1 Å². The van der Waals surface area contributed by atoms with E-state index in [1.165, 1.54) is 18.2 Å². The lowest BCUT2D eigenvalue weighted by molar-refractivity contribution is -0.383. The maximum absolute atomic E-state index is 10.8. The number of benzene rings is 2. The monoisotopic (exact) mass is 213 g/mol. The van der Waals surface area contributed by atoms with Crippen molar-refractivity contribution in [3.05, 3.63) is 46.0 Å². The number of fused-ring (bicyclic) bond motifs is 1. The van der Waals surface area contributed by atoms with Crippen molar-refractivity contribution in [1.82, 2.24) is 0 Å². The zero-order valence-electron chi connectivity index (χ0n) is 8.18. The second-order valence-electron chi connectivity index (χ2n) is 3.27. The van der Waals surface area contributed by atoms with Gasteiger partial charge in [-0.1, -0.05) is 12.1 Å². The second-order valence-corrected chi connectivity index (χ2v) is 3.27. The molecule has 0 aliphatic carbocycles. The summed E-state index contributed by atoms with van der Waals surface area (Å²) in [6.07, 6.45) is 0. The van der Waals surface area contributed by atoms with E-state index in [1.54, 1.807) is 12.1 Å². The number of nitro benzene ring substituents is 1. The number of nitriles is 1. The van der Waals surface area contributed by atoms with Crippen LogP contribution in [0.5, 0.6) is 0 Å². The molecule has 2 rings (SSSR count). The highest BCUT2D eigenvalue weighted by atomic mass is 16.6. The molecule has 16 heavy (non-hydrogen) atoms. The first-order chi connectivity index (χ1) is 7.65. The van der Waals surface area contributed by atoms with Gasteiger partial charge in [0, 0.05) is 17.1 Å². The van der Waals surface area contributed by atoms with Crippen LogP contribution in [0, 0.1) is 21.4 Å². The van der Waals surface area contributed by atoms with Crippen molar-refractivity contribution in [2.45, 2.75) is 0 Å². The van der Waals surface area contributed by atoms with Gasteiger partial charge in [0.15, 0.2) is 0 Å². The van der Waals surface area contributed by atoms with E-state index in [9.17, 15) is 10.1 Å². The van der Waals surface area contributed by atoms with Crippen LogP contribution in [0.2, 0.25) is 0 Å². The number of nitro groups is 1. The highest BCUT2D eigenvalue weighted by molar-refractivity contribution is 6.02. The Hall–Kier alpha value is -2.61. The number of rotatable bonds is 1. The van der Waals surface area contributed by atoms with Crippen LogP contribution in [-0.2, 0) is 0 Å². The maximum Gasteiger partial charge on any atom is 0.278 e. The summed E-state index contributed by atoms with van der Waals surface area (Å²) in [4.78, 5) is 10.3. The van der Waals surface area contributed by atoms with Gasteiger partial charge in [0.05, 0.1) is 15.9 Å². The number of hydrogen-bond acceptors (Lipinski definition) is 4. The minimum atomic E-state index is -0.511. The number of nitrogens with two attached hydrogens (primary N) is 1. The predicted molar refractivity (Wildman–Crippen MR) is 59.7 cm³/mol. The molecule has 0 saturated carbocycles. The molecule has 2 aromatic rings. The lowest BCUT2D eigenvalue weighted by Crippen LogP contribution is -1.95. The summed E-state index contributed by atoms with van der Waals surface area (Å²) in [5.41, 5.74) is 6.31. The van der Waals surface area contributed by atoms with E-state index in [-0.39, 0.29) is 11.3 Å². The Labute approximate surface area is 90.9 Å². The molecule has 0 atom stereocenters. The fourth-order valence-corrected chi connectivity index (χ4v) is 1.66. The SMILES string of the molecule is N#Cc1cccc2c(N)ccc([N+](=O)[O-])c12. The van der Waals surface area contributed by atoms with Crippen LogP contribution in [0.4, 0.5) is 11.4 Å². The molecule has 0 amide bonds. The molecule has 0 spiro atoms. The second kappa shape index (κ2) is 3.51. The van der Waals surface area contributed by atoms with Crippen LogP contribution >= 0.6 is 0 Å². The Kier molecular flexibility index (Phi) is 2.18. The van der Waals surface area contributed by atoms with E-state index >= 15 is 0 Å². The molecule has 78 valence electrons. The number of non-ortho nitro benzene ring substituents is 1. The summed E-state index contributed by atoms with van der Waals surface area (Å²) in [5.74, 6) is 0. The minimum absolute atomic E-state index is 0.0960. The van der Waals surface area contributed by atoms with Crippen molar-refractivity contribution in [2.75, 3.05) is 5.73 Å². The zero-order valence-corrected chi connectivity index (χ0v) is 8.18. The van der Waals surface area contributed by atoms with Gasteiger partial charge in [-0.25, -0.2) is 0 Å². The van der Waals surface area contributed by atoms with Crippen LogP contribution in [-0.4, -0.2) is 4.92 Å². The molecule has 5 nitrogen and oxygen atoms in total. The van der Waals surface area contributed by atoms with E-state index in [4.69, 9.17) is 11.0 Å². The lowest BCUT2D eigenvalue weighted by atomic mass is 10.0. The van der Waals surface area contributed by atoms with Crippen molar-refractivity contribution in [2.24, 2.45) is 0 Å². The van der Waals surface area contributed by atoms with Gasteiger partial charge in [0.2, 0.25) is 0 Å². The minimum Gasteiger partial charge on any atom is -0.398 e. The van der Waals surface area contributed by atoms with Crippen molar-refractivity contribution in [1.29, 1.82) is 5.26 Å². The standard InChI is InChI=1S/C11H7N3O2/c12-6-7-2-1-3-8-9(13)4-5-10(11(7)8)14(15)16/h1-5H,13H2. The first-order valence-corrected chi connectivity index (χ1v) is 4.51. The van der Waals surface area contributed by atoms with Crippen molar-refractivity contribution in [3.8, 4) is 6.07 Å². The molecular formula is C11H7N3O2. The molecule has 0 heterocycles. The van der Waals surface area contributed by atoms with Gasteiger partial charge >= 0.3 is 0 Å². The fourth-order valence-electron chi connectivity index (χ4n) is 1.66. The van der Waals surface area contributed by atoms with E-state index in [0.717, 1.165) is 0 Å². The molecule has 2 N–H and O–H groups in total. The molecule has 0 fully saturated rings. The highest BCUT2D eigenvalue weighted by Crippen LogP contribution is 2.32. The number of hydrogen-bond donors (Lipinski definition) is 1. The number of anilines is 1. The van der Waals surface area contributed by atoms with Gasteiger partial charge in [0.1, 0.15) is 6.07 Å². The molecule has 0 saturated heterocycles. The summed E-state index contributed by atoms with van der Waals surface area (Å²) in [7, 11) is 0. The molecule has 5 heteroatoms. The van der Waals surface area contributed by atoms with Crippen LogP contribution in [0.15, 0.2) is 30.3 Å². The summed E-state index contributed by atoms with van der Waals surface area (Å²) in [6.45, 7) is 0. The number of nitrogens with zero attached hydrogens (tertiary/aromatic N) is 2. The van der Waals surface area contributed by atoms with Crippen LogP contribution in [0.1, 0.15) is 5.56 Å². The molecule has 2 aromatic carbocycles. The van der Waals surface area contributed by atoms with E-state index in [2.05, 4.69) is 0 Å². The maximum atomic E-state index is 10.8. The Morgan fingerprint density at radius 1 is 1.31 bits per heavy atom. The summed E-state index contributed by atoms with van der Waals surface area (Å²) in [6, 6.07) is 9.58. The Bertz CT molecular complexity index is 629. The zero-order chi connectivity index (χ0) is 11.7. The molecule has 0 radical (unpaired) electrons. The smallest absolute Gasteiger partial charge is 0.278 e. The summed E-state index contributed by atoms with van der Waals surface area (Å²) < 4.78 is 0. The van der Waals surface area contributed by atoms with E-state index in [1.807, 2.05) is 6.07 Å². The Morgan fingerprint density at radius 2 is 2.06 bits per heavy atom. The molecule has 0 bridgehead atoms. The van der Waals surface area contributed by atoms with E-state index < -0.39 is 4.92 Å². The van der Waals surface area contributed by atoms with Gasteiger partial charge in [-0.2, -0.15) is 5.26 Å². The highest BCUT2D eigenvalue weighted by Gasteiger charge is 2.16. The third-order valence-electron chi connectivity index (χ3n) is 2.37. The molecule has 0 aromatic heterocycles. The van der Waals surface area contributed by atoms with Crippen LogP contribution < -0.4 is 5.73 Å². The topological polar surface area (TPSA) is 93.0 Å². The third kappa shape index (κ3) is 1.33. The summed E-state index contributed by atoms with van der Waals surface area (Å²) >= 11 is 0. The number of nitrogen functional groups attached to an aromatic ring is 1.